The van der Waals surface area contributed by atoms with Crippen LogP contribution >= 0.6 is 46.4 Å². The van der Waals surface area contributed by atoms with Crippen LogP contribution in [0.2, 0.25) is 10.0 Å². The van der Waals surface area contributed by atoms with Crippen LogP contribution in [0.15, 0.2) is 52.1 Å². The van der Waals surface area contributed by atoms with Crippen molar-refractivity contribution in [2.75, 3.05) is 19.8 Å². The lowest BCUT2D eigenvalue weighted by molar-refractivity contribution is 0.160. The predicted molar refractivity (Wildman–Crippen MR) is 126 cm³/mol. The van der Waals surface area contributed by atoms with Crippen molar-refractivity contribution in [3.05, 3.63) is 68.1 Å². The molecule has 0 saturated carbocycles. The Balaban J connectivity index is 1.75. The minimum Gasteiger partial charge on any atom is -0.490 e. The highest BCUT2D eigenvalue weighted by molar-refractivity contribution is 6.55. The summed E-state index contributed by atoms with van der Waals surface area (Å²) in [7, 11) is 0. The van der Waals surface area contributed by atoms with Gasteiger partial charge < -0.3 is 14.3 Å². The van der Waals surface area contributed by atoms with E-state index in [0.29, 0.717) is 34.8 Å². The van der Waals surface area contributed by atoms with Crippen LogP contribution < -0.4 is 9.47 Å². The molecule has 0 unspecified atom stereocenters. The summed E-state index contributed by atoms with van der Waals surface area (Å²) in [6.45, 7) is 3.19. The zero-order valence-corrected chi connectivity index (χ0v) is 19.6. The van der Waals surface area contributed by atoms with Crippen LogP contribution in [0, 0.1) is 0 Å². The molecule has 0 bridgehead atoms. The van der Waals surface area contributed by atoms with E-state index < -0.39 is 0 Å². The Morgan fingerprint density at radius 1 is 1.00 bits per heavy atom. The summed E-state index contributed by atoms with van der Waals surface area (Å²) in [4.78, 5) is 4.96. The molecule has 0 aliphatic heterocycles. The van der Waals surface area contributed by atoms with Gasteiger partial charge in [-0.3, -0.25) is 0 Å². The van der Waals surface area contributed by atoms with Crippen molar-refractivity contribution in [1.29, 1.82) is 0 Å². The molecular weight excluding hydrogens is 468 g/mol. The molecule has 2 aromatic carbocycles. The van der Waals surface area contributed by atoms with Gasteiger partial charge in [-0.05, 0) is 43.4 Å². The number of oxime groups is 1. The normalized spacial score (nSPS) is 10.8. The molecule has 0 aliphatic rings. The number of aryl methyl sites for hydroxylation is 1. The Morgan fingerprint density at radius 2 is 1.70 bits per heavy atom. The van der Waals surface area contributed by atoms with Gasteiger partial charge in [0.25, 0.3) is 0 Å². The van der Waals surface area contributed by atoms with Gasteiger partial charge in [-0.2, -0.15) is 0 Å². The van der Waals surface area contributed by atoms with Gasteiger partial charge in [0, 0.05) is 12.1 Å². The topological polar surface area (TPSA) is 40.0 Å². The third-order valence-electron chi connectivity index (χ3n) is 3.95. The van der Waals surface area contributed by atoms with Crippen LogP contribution in [0.3, 0.4) is 0 Å². The minimum atomic E-state index is 0.138. The molecule has 2 aromatic rings. The first-order valence-electron chi connectivity index (χ1n) is 9.49. The minimum absolute atomic E-state index is 0.138. The van der Waals surface area contributed by atoms with Gasteiger partial charge in [0.1, 0.15) is 23.5 Å². The number of hydrogen-bond acceptors (Lipinski definition) is 4. The number of hydrogen-bond donors (Lipinski definition) is 0. The smallest absolute Gasteiger partial charge is 0.156 e. The highest BCUT2D eigenvalue weighted by Crippen LogP contribution is 2.37. The Labute approximate surface area is 197 Å². The van der Waals surface area contributed by atoms with Crippen molar-refractivity contribution < 1.29 is 14.3 Å². The lowest BCUT2D eigenvalue weighted by atomic mass is 10.1. The van der Waals surface area contributed by atoms with E-state index in [4.69, 9.17) is 60.7 Å². The second-order valence-corrected chi connectivity index (χ2v) is 8.04. The van der Waals surface area contributed by atoms with Gasteiger partial charge in [-0.15, -0.1) is 0 Å². The van der Waals surface area contributed by atoms with Crippen LogP contribution in [-0.2, 0) is 11.3 Å². The average molecular weight is 491 g/mol. The Hall–Kier alpha value is -1.59. The first-order valence-corrected chi connectivity index (χ1v) is 11.0. The van der Waals surface area contributed by atoms with Crippen molar-refractivity contribution in [2.24, 2.45) is 5.16 Å². The van der Waals surface area contributed by atoms with Crippen LogP contribution in [0.5, 0.6) is 11.5 Å². The molecular formula is C22H23Cl4NO3. The predicted octanol–water partition coefficient (Wildman–Crippen LogP) is 7.46. The van der Waals surface area contributed by atoms with Crippen LogP contribution in [0.4, 0.5) is 0 Å². The second kappa shape index (κ2) is 13.7. The molecule has 0 amide bonds. The van der Waals surface area contributed by atoms with Crippen LogP contribution in [0.25, 0.3) is 0 Å². The molecule has 0 spiro atoms. The first-order chi connectivity index (χ1) is 14.5. The Bertz CT molecular complexity index is 827. The average Bonchev–Trinajstić information content (AvgIpc) is 2.70. The largest absolute Gasteiger partial charge is 0.490 e. The summed E-state index contributed by atoms with van der Waals surface area (Å²) in [6, 6.07) is 11.5. The quantitative estimate of drug-likeness (QED) is 0.176. The highest BCUT2D eigenvalue weighted by atomic mass is 35.5. The third-order valence-corrected chi connectivity index (χ3v) is 4.82. The monoisotopic (exact) mass is 489 g/mol. The highest BCUT2D eigenvalue weighted by Gasteiger charge is 2.10. The molecule has 2 rings (SSSR count). The molecule has 0 atom stereocenters. The van der Waals surface area contributed by atoms with E-state index in [1.165, 1.54) is 11.6 Å². The fraction of sp³-hybridized carbons (Fsp3) is 0.318. The lowest BCUT2D eigenvalue weighted by Crippen LogP contribution is -2.00. The number of nitrogens with zero attached hydrogens (tertiary/aromatic N) is 1. The van der Waals surface area contributed by atoms with Crippen molar-refractivity contribution in [3.8, 4) is 11.5 Å². The number of ether oxygens (including phenoxy) is 2. The summed E-state index contributed by atoms with van der Waals surface area (Å²) in [5.74, 6) is 0.965. The Morgan fingerprint density at radius 3 is 2.33 bits per heavy atom. The number of rotatable bonds is 12. The van der Waals surface area contributed by atoms with Gasteiger partial charge >= 0.3 is 0 Å². The molecule has 0 saturated heterocycles. The van der Waals surface area contributed by atoms with Crippen molar-refractivity contribution in [2.45, 2.75) is 26.2 Å². The molecule has 162 valence electrons. The molecule has 0 heterocycles. The molecule has 0 radical (unpaired) electrons. The summed E-state index contributed by atoms with van der Waals surface area (Å²) >= 11 is 23.6. The van der Waals surface area contributed by atoms with E-state index in [1.54, 1.807) is 18.3 Å². The van der Waals surface area contributed by atoms with E-state index in [0.717, 1.165) is 24.8 Å². The maximum Gasteiger partial charge on any atom is 0.156 e. The molecule has 0 fully saturated rings. The van der Waals surface area contributed by atoms with E-state index in [9.17, 15) is 0 Å². The first kappa shape index (κ1) is 24.7. The van der Waals surface area contributed by atoms with Gasteiger partial charge in [0.05, 0.1) is 22.9 Å². The standard InChI is InChI=1S/C22H23Cl4NO3/c1-2-30-27-15-17-8-6-16(7-9-17)5-3-4-11-29-22-19(23)13-18(14-20(22)24)28-12-10-21(25)26/h6-10,13-15H,2-5,11-12H2,1H3. The number of benzene rings is 2. The van der Waals surface area contributed by atoms with Gasteiger partial charge in [-0.1, -0.05) is 75.8 Å². The van der Waals surface area contributed by atoms with Crippen molar-refractivity contribution in [3.63, 3.8) is 0 Å². The van der Waals surface area contributed by atoms with Gasteiger partial charge in [-0.25, -0.2) is 0 Å². The molecule has 0 aromatic heterocycles. The summed E-state index contributed by atoms with van der Waals surface area (Å²) in [5.41, 5.74) is 2.27. The maximum atomic E-state index is 6.27. The van der Waals surface area contributed by atoms with E-state index >= 15 is 0 Å². The summed E-state index contributed by atoms with van der Waals surface area (Å²) in [6.07, 6.45) is 6.04. The summed E-state index contributed by atoms with van der Waals surface area (Å²) in [5, 5.41) is 4.64. The lowest BCUT2D eigenvalue weighted by Gasteiger charge is -2.12. The fourth-order valence-corrected chi connectivity index (χ4v) is 3.21. The fourth-order valence-electron chi connectivity index (χ4n) is 2.51. The SMILES string of the molecule is CCON=Cc1ccc(CCCCOc2c(Cl)cc(OCC=C(Cl)Cl)cc2Cl)cc1. The van der Waals surface area contributed by atoms with Crippen LogP contribution in [0.1, 0.15) is 30.9 Å². The third kappa shape index (κ3) is 9.05. The van der Waals surface area contributed by atoms with Gasteiger partial charge in [0.2, 0.25) is 0 Å². The van der Waals surface area contributed by atoms with Crippen molar-refractivity contribution in [1.82, 2.24) is 0 Å². The maximum absolute atomic E-state index is 6.27. The summed E-state index contributed by atoms with van der Waals surface area (Å²) < 4.78 is 11.4. The molecule has 0 aliphatic carbocycles. The van der Waals surface area contributed by atoms with Gasteiger partial charge in [0.15, 0.2) is 5.75 Å². The van der Waals surface area contributed by atoms with E-state index in [2.05, 4.69) is 17.3 Å². The van der Waals surface area contributed by atoms with Crippen molar-refractivity contribution >= 4 is 52.6 Å². The number of halogens is 4. The van der Waals surface area contributed by atoms with E-state index in [1.807, 2.05) is 19.1 Å². The van der Waals surface area contributed by atoms with E-state index in [-0.39, 0.29) is 11.1 Å². The van der Waals surface area contributed by atoms with Crippen LogP contribution in [-0.4, -0.2) is 26.0 Å². The zero-order chi connectivity index (χ0) is 21.8. The number of unbranched alkanes of at least 4 members (excludes halogenated alkanes) is 1. The molecule has 30 heavy (non-hydrogen) atoms. The zero-order valence-electron chi connectivity index (χ0n) is 16.5. The Kier molecular flexibility index (Phi) is 11.2. The molecule has 4 nitrogen and oxygen atoms in total. The second-order valence-electron chi connectivity index (χ2n) is 6.22. The molecule has 8 heteroatoms. The molecule has 0 N–H and O–H groups in total.